The third kappa shape index (κ3) is 1.96. The quantitative estimate of drug-likeness (QED) is 0.609. The Hall–Kier alpha value is -1.23. The molecule has 0 saturated heterocycles. The molecule has 0 amide bonds. The second-order valence-electron chi connectivity index (χ2n) is 3.71. The number of halogens is 2. The molecule has 0 N–H and O–H groups in total. The standard InChI is InChI=1S/C13H6ClFOS2/c14-7-1-2-8(9(15)5-7)13(16)12-6-11-10(18-12)3-4-17-11/h1-6H. The molecule has 0 aliphatic rings. The Morgan fingerprint density at radius 1 is 1.17 bits per heavy atom. The van der Waals surface area contributed by atoms with Gasteiger partial charge in [0, 0.05) is 14.4 Å². The average molecular weight is 297 g/mol. The van der Waals surface area contributed by atoms with Crippen LogP contribution < -0.4 is 0 Å². The number of hydrogen-bond donors (Lipinski definition) is 0. The van der Waals surface area contributed by atoms with Crippen LogP contribution in [-0.2, 0) is 0 Å². The summed E-state index contributed by atoms with van der Waals surface area (Å²) >= 11 is 8.62. The molecule has 0 aliphatic carbocycles. The van der Waals surface area contributed by atoms with E-state index in [9.17, 15) is 9.18 Å². The van der Waals surface area contributed by atoms with Crippen LogP contribution in [0, 0.1) is 5.82 Å². The van der Waals surface area contributed by atoms with E-state index in [1.807, 2.05) is 11.4 Å². The molecule has 1 nitrogen and oxygen atoms in total. The molecule has 0 radical (unpaired) electrons. The Labute approximate surface area is 115 Å². The molecule has 2 aromatic heterocycles. The van der Waals surface area contributed by atoms with Crippen LogP contribution in [0.2, 0.25) is 5.02 Å². The van der Waals surface area contributed by atoms with Crippen LogP contribution >= 0.6 is 34.3 Å². The highest BCUT2D eigenvalue weighted by molar-refractivity contribution is 7.28. The van der Waals surface area contributed by atoms with Crippen molar-refractivity contribution in [2.24, 2.45) is 0 Å². The van der Waals surface area contributed by atoms with E-state index in [2.05, 4.69) is 0 Å². The van der Waals surface area contributed by atoms with Crippen LogP contribution in [-0.4, -0.2) is 5.78 Å². The minimum absolute atomic E-state index is 0.0632. The number of carbonyl (C=O) groups excluding carboxylic acids is 1. The topological polar surface area (TPSA) is 17.1 Å². The highest BCUT2D eigenvalue weighted by Gasteiger charge is 2.17. The van der Waals surface area contributed by atoms with Gasteiger partial charge in [0.25, 0.3) is 0 Å². The molecule has 1 aromatic carbocycles. The van der Waals surface area contributed by atoms with Gasteiger partial charge in [0.2, 0.25) is 5.78 Å². The molecule has 0 fully saturated rings. The second kappa shape index (κ2) is 4.46. The fourth-order valence-electron chi connectivity index (χ4n) is 1.68. The molecule has 3 rings (SSSR count). The summed E-state index contributed by atoms with van der Waals surface area (Å²) in [4.78, 5) is 12.7. The van der Waals surface area contributed by atoms with E-state index in [1.165, 1.54) is 23.5 Å². The largest absolute Gasteiger partial charge is 0.288 e. The molecule has 5 heteroatoms. The van der Waals surface area contributed by atoms with Crippen molar-refractivity contribution in [1.82, 2.24) is 0 Å². The fourth-order valence-corrected chi connectivity index (χ4v) is 3.91. The van der Waals surface area contributed by atoms with Gasteiger partial charge in [0.05, 0.1) is 10.4 Å². The summed E-state index contributed by atoms with van der Waals surface area (Å²) < 4.78 is 15.8. The Balaban J connectivity index is 2.06. The normalized spacial score (nSPS) is 11.0. The first-order valence-corrected chi connectivity index (χ1v) is 7.19. The molecular formula is C13H6ClFOS2. The number of hydrogen-bond acceptors (Lipinski definition) is 3. The van der Waals surface area contributed by atoms with Gasteiger partial charge in [0.1, 0.15) is 5.82 Å². The van der Waals surface area contributed by atoms with Crippen molar-refractivity contribution in [3.05, 3.63) is 57.0 Å². The van der Waals surface area contributed by atoms with E-state index in [1.54, 1.807) is 17.4 Å². The van der Waals surface area contributed by atoms with Crippen molar-refractivity contribution >= 4 is 49.5 Å². The van der Waals surface area contributed by atoms with Crippen LogP contribution in [0.15, 0.2) is 35.7 Å². The molecule has 3 aromatic rings. The molecule has 0 aliphatic heterocycles. The number of ketones is 1. The second-order valence-corrected chi connectivity index (χ2v) is 6.18. The van der Waals surface area contributed by atoms with Crippen LogP contribution in [0.3, 0.4) is 0 Å². The van der Waals surface area contributed by atoms with Crippen molar-refractivity contribution in [2.45, 2.75) is 0 Å². The Morgan fingerprint density at radius 3 is 2.72 bits per heavy atom. The lowest BCUT2D eigenvalue weighted by Gasteiger charge is -2.00. The molecule has 0 unspecified atom stereocenters. The van der Waals surface area contributed by atoms with E-state index in [0.717, 1.165) is 15.5 Å². The summed E-state index contributed by atoms with van der Waals surface area (Å²) in [5.74, 6) is -0.873. The molecule has 90 valence electrons. The number of carbonyl (C=O) groups is 1. The van der Waals surface area contributed by atoms with E-state index in [-0.39, 0.29) is 16.4 Å². The lowest BCUT2D eigenvalue weighted by atomic mass is 10.1. The van der Waals surface area contributed by atoms with Crippen LogP contribution in [0.5, 0.6) is 0 Å². The van der Waals surface area contributed by atoms with Gasteiger partial charge in [-0.1, -0.05) is 11.6 Å². The van der Waals surface area contributed by atoms with Crippen molar-refractivity contribution in [3.8, 4) is 0 Å². The SMILES string of the molecule is O=C(c1cc2sccc2s1)c1ccc(Cl)cc1F. The van der Waals surface area contributed by atoms with Crippen molar-refractivity contribution < 1.29 is 9.18 Å². The van der Waals surface area contributed by atoms with Gasteiger partial charge in [-0.2, -0.15) is 0 Å². The summed E-state index contributed by atoms with van der Waals surface area (Å²) in [7, 11) is 0. The van der Waals surface area contributed by atoms with Crippen molar-refractivity contribution in [1.29, 1.82) is 0 Å². The first-order chi connectivity index (χ1) is 8.65. The molecule has 0 spiro atoms. The van der Waals surface area contributed by atoms with E-state index in [4.69, 9.17) is 11.6 Å². The van der Waals surface area contributed by atoms with Crippen molar-refractivity contribution in [3.63, 3.8) is 0 Å². The molecule has 18 heavy (non-hydrogen) atoms. The monoisotopic (exact) mass is 296 g/mol. The van der Waals surface area contributed by atoms with Gasteiger partial charge in [0.15, 0.2) is 0 Å². The minimum atomic E-state index is -0.579. The first-order valence-electron chi connectivity index (χ1n) is 5.12. The van der Waals surface area contributed by atoms with Crippen LogP contribution in [0.4, 0.5) is 4.39 Å². The van der Waals surface area contributed by atoms with E-state index < -0.39 is 5.82 Å². The average Bonchev–Trinajstić information content (AvgIpc) is 2.87. The van der Waals surface area contributed by atoms with Gasteiger partial charge in [-0.05, 0) is 35.7 Å². The molecule has 0 saturated carbocycles. The Morgan fingerprint density at radius 2 is 2.00 bits per heavy atom. The summed E-state index contributed by atoms with van der Waals surface area (Å²) in [5, 5.41) is 2.26. The summed E-state index contributed by atoms with van der Waals surface area (Å²) in [6.07, 6.45) is 0. The minimum Gasteiger partial charge on any atom is -0.288 e. The molecule has 0 bridgehead atoms. The third-order valence-corrected chi connectivity index (χ3v) is 4.87. The van der Waals surface area contributed by atoms with Gasteiger partial charge < -0.3 is 0 Å². The fraction of sp³-hybridized carbons (Fsp3) is 0. The predicted octanol–water partition coefficient (Wildman–Crippen LogP) is 4.99. The number of fused-ring (bicyclic) bond motifs is 1. The number of benzene rings is 1. The van der Waals surface area contributed by atoms with Crippen LogP contribution in [0.25, 0.3) is 9.40 Å². The van der Waals surface area contributed by atoms with Gasteiger partial charge in [-0.3, -0.25) is 4.79 Å². The Bertz CT molecular complexity index is 716. The maximum absolute atomic E-state index is 13.7. The van der Waals surface area contributed by atoms with E-state index in [0.29, 0.717) is 4.88 Å². The predicted molar refractivity (Wildman–Crippen MR) is 74.5 cm³/mol. The van der Waals surface area contributed by atoms with Crippen LogP contribution in [0.1, 0.15) is 15.2 Å². The maximum Gasteiger partial charge on any atom is 0.205 e. The van der Waals surface area contributed by atoms with Gasteiger partial charge in [-0.15, -0.1) is 22.7 Å². The molecular weight excluding hydrogens is 291 g/mol. The smallest absolute Gasteiger partial charge is 0.205 e. The summed E-state index contributed by atoms with van der Waals surface area (Å²) in [5.41, 5.74) is 0.0632. The van der Waals surface area contributed by atoms with Gasteiger partial charge >= 0.3 is 0 Å². The zero-order valence-electron chi connectivity index (χ0n) is 8.94. The van der Waals surface area contributed by atoms with E-state index >= 15 is 0 Å². The summed E-state index contributed by atoms with van der Waals surface area (Å²) in [6.45, 7) is 0. The summed E-state index contributed by atoms with van der Waals surface area (Å²) in [6, 6.07) is 7.87. The first kappa shape index (κ1) is 11.8. The molecule has 2 heterocycles. The Kier molecular flexibility index (Phi) is 2.93. The number of rotatable bonds is 2. The third-order valence-electron chi connectivity index (χ3n) is 2.54. The zero-order chi connectivity index (χ0) is 12.7. The van der Waals surface area contributed by atoms with Gasteiger partial charge in [-0.25, -0.2) is 4.39 Å². The van der Waals surface area contributed by atoms with Crippen molar-refractivity contribution in [2.75, 3.05) is 0 Å². The lowest BCUT2D eigenvalue weighted by Crippen LogP contribution is -2.01. The lowest BCUT2D eigenvalue weighted by molar-refractivity contribution is 0.103. The maximum atomic E-state index is 13.7. The molecule has 0 atom stereocenters. The zero-order valence-corrected chi connectivity index (χ0v) is 11.3. The number of thiophene rings is 2. The highest BCUT2D eigenvalue weighted by atomic mass is 35.5. The highest BCUT2D eigenvalue weighted by Crippen LogP contribution is 2.31.